The summed E-state index contributed by atoms with van der Waals surface area (Å²) in [5, 5.41) is 3.09. The number of carbonyl (C=O) groups is 1. The second-order valence-electron chi connectivity index (χ2n) is 6.35. The van der Waals surface area contributed by atoms with Crippen LogP contribution in [0.5, 0.6) is 5.75 Å². The van der Waals surface area contributed by atoms with E-state index in [1.54, 1.807) is 14.1 Å². The summed E-state index contributed by atoms with van der Waals surface area (Å²) in [7, 11) is 3.39. The Morgan fingerprint density at radius 2 is 1.92 bits per heavy atom. The van der Waals surface area contributed by atoms with Crippen molar-refractivity contribution in [1.82, 2.24) is 4.90 Å². The first-order valence-electron chi connectivity index (χ1n) is 8.41. The van der Waals surface area contributed by atoms with Crippen molar-refractivity contribution in [2.24, 2.45) is 10.7 Å². The lowest BCUT2D eigenvalue weighted by Gasteiger charge is -2.12. The van der Waals surface area contributed by atoms with Gasteiger partial charge in [0.15, 0.2) is 12.6 Å². The Hall–Kier alpha value is -3.02. The van der Waals surface area contributed by atoms with Crippen molar-refractivity contribution < 1.29 is 9.53 Å². The van der Waals surface area contributed by atoms with E-state index in [4.69, 9.17) is 10.5 Å². The van der Waals surface area contributed by atoms with Crippen molar-refractivity contribution in [3.05, 3.63) is 59.2 Å². The quantitative estimate of drug-likeness (QED) is 0.617. The highest BCUT2D eigenvalue weighted by atomic mass is 16.5. The van der Waals surface area contributed by atoms with E-state index in [1.165, 1.54) is 16.0 Å². The largest absolute Gasteiger partial charge is 0.484 e. The van der Waals surface area contributed by atoms with Crippen LogP contribution < -0.4 is 15.8 Å². The highest BCUT2D eigenvalue weighted by Crippen LogP contribution is 2.15. The summed E-state index contributed by atoms with van der Waals surface area (Å²) in [4.78, 5) is 17.4. The maximum atomic E-state index is 11.6. The van der Waals surface area contributed by atoms with Crippen molar-refractivity contribution in [3.63, 3.8) is 0 Å². The zero-order valence-electron chi connectivity index (χ0n) is 15.7. The number of likely N-dealkylation sites (N-methyl/N-ethyl adjacent to an activating group) is 1. The Balaban J connectivity index is 1.95. The van der Waals surface area contributed by atoms with E-state index in [-0.39, 0.29) is 12.5 Å². The molecule has 2 aromatic carbocycles. The number of nitrogens with one attached hydrogen (secondary N) is 1. The van der Waals surface area contributed by atoms with Crippen molar-refractivity contribution >= 4 is 17.6 Å². The fraction of sp³-hybridized carbons (Fsp3) is 0.300. The van der Waals surface area contributed by atoms with Gasteiger partial charge in [-0.1, -0.05) is 18.2 Å². The van der Waals surface area contributed by atoms with Crippen LogP contribution in [0.25, 0.3) is 0 Å². The molecule has 26 heavy (non-hydrogen) atoms. The van der Waals surface area contributed by atoms with Crippen LogP contribution in [-0.4, -0.2) is 37.5 Å². The zero-order chi connectivity index (χ0) is 19.1. The predicted molar refractivity (Wildman–Crippen MR) is 105 cm³/mol. The number of carbonyl (C=O) groups excluding carboxylic acids is 1. The highest BCUT2D eigenvalue weighted by Gasteiger charge is 2.05. The summed E-state index contributed by atoms with van der Waals surface area (Å²) in [6.45, 7) is 4.55. The molecule has 6 nitrogen and oxygen atoms in total. The Bertz CT molecular complexity index is 800. The van der Waals surface area contributed by atoms with Gasteiger partial charge in [0.1, 0.15) is 5.75 Å². The monoisotopic (exact) mass is 354 g/mol. The topological polar surface area (TPSA) is 80.0 Å². The molecule has 0 aliphatic heterocycles. The van der Waals surface area contributed by atoms with Crippen LogP contribution in [0.3, 0.4) is 0 Å². The van der Waals surface area contributed by atoms with Crippen LogP contribution in [0.2, 0.25) is 0 Å². The fourth-order valence-corrected chi connectivity index (χ4v) is 2.19. The second-order valence-corrected chi connectivity index (χ2v) is 6.35. The summed E-state index contributed by atoms with van der Waals surface area (Å²) in [6, 6.07) is 13.5. The molecule has 0 atom stereocenters. The van der Waals surface area contributed by atoms with Gasteiger partial charge in [0, 0.05) is 19.8 Å². The summed E-state index contributed by atoms with van der Waals surface area (Å²) in [6.07, 6.45) is 0. The average molecular weight is 354 g/mol. The number of aliphatic imine (C=N–C) groups is 1. The minimum absolute atomic E-state index is 0.0101. The molecule has 0 bridgehead atoms. The molecule has 0 fully saturated rings. The number of benzene rings is 2. The number of anilines is 1. The summed E-state index contributed by atoms with van der Waals surface area (Å²) < 4.78 is 5.51. The standard InChI is InChI=1S/C20H26N4O2/c1-14-8-9-17(10-15(14)2)23-20(21)22-12-16-6-5-7-18(11-16)26-13-19(25)24(3)4/h5-11H,12-13H2,1-4H3,(H3,21,22,23). The van der Waals surface area contributed by atoms with Crippen LogP contribution in [0.4, 0.5) is 5.69 Å². The molecule has 0 radical (unpaired) electrons. The van der Waals surface area contributed by atoms with E-state index in [9.17, 15) is 4.79 Å². The van der Waals surface area contributed by atoms with E-state index in [0.29, 0.717) is 18.3 Å². The lowest BCUT2D eigenvalue weighted by atomic mass is 10.1. The number of nitrogens with zero attached hydrogens (tertiary/aromatic N) is 2. The molecule has 0 aromatic heterocycles. The van der Waals surface area contributed by atoms with E-state index in [0.717, 1.165) is 11.3 Å². The third kappa shape index (κ3) is 5.81. The van der Waals surface area contributed by atoms with Gasteiger partial charge in [-0.2, -0.15) is 0 Å². The van der Waals surface area contributed by atoms with E-state index in [2.05, 4.69) is 24.2 Å². The number of guanidine groups is 1. The molecule has 1 amide bonds. The first-order valence-corrected chi connectivity index (χ1v) is 8.41. The van der Waals surface area contributed by atoms with Crippen molar-refractivity contribution in [2.45, 2.75) is 20.4 Å². The number of nitrogens with two attached hydrogens (primary N) is 1. The summed E-state index contributed by atoms with van der Waals surface area (Å²) in [5.41, 5.74) is 10.3. The Labute approximate surface area is 154 Å². The molecule has 138 valence electrons. The molecule has 0 heterocycles. The van der Waals surface area contributed by atoms with E-state index < -0.39 is 0 Å². The van der Waals surface area contributed by atoms with Gasteiger partial charge in [-0.3, -0.25) is 4.79 Å². The van der Waals surface area contributed by atoms with Gasteiger partial charge in [0.05, 0.1) is 6.54 Å². The minimum atomic E-state index is -0.0877. The van der Waals surface area contributed by atoms with Gasteiger partial charge < -0.3 is 20.7 Å². The van der Waals surface area contributed by atoms with E-state index in [1.807, 2.05) is 42.5 Å². The van der Waals surface area contributed by atoms with Gasteiger partial charge in [0.2, 0.25) is 0 Å². The smallest absolute Gasteiger partial charge is 0.259 e. The number of amides is 1. The van der Waals surface area contributed by atoms with Gasteiger partial charge in [-0.05, 0) is 54.8 Å². The first-order chi connectivity index (χ1) is 12.3. The Kier molecular flexibility index (Phi) is 6.60. The van der Waals surface area contributed by atoms with Crippen LogP contribution in [0.1, 0.15) is 16.7 Å². The molecule has 6 heteroatoms. The molecule has 2 aromatic rings. The summed E-state index contributed by atoms with van der Waals surface area (Å²) in [5.74, 6) is 0.895. The maximum absolute atomic E-state index is 11.6. The second kappa shape index (κ2) is 8.89. The highest BCUT2D eigenvalue weighted by molar-refractivity contribution is 5.92. The summed E-state index contributed by atoms with van der Waals surface area (Å²) >= 11 is 0. The molecular weight excluding hydrogens is 328 g/mol. The molecule has 0 aliphatic rings. The minimum Gasteiger partial charge on any atom is -0.484 e. The zero-order valence-corrected chi connectivity index (χ0v) is 15.7. The molecule has 3 N–H and O–H groups in total. The normalized spacial score (nSPS) is 11.2. The number of aryl methyl sites for hydroxylation is 2. The molecule has 0 saturated carbocycles. The van der Waals surface area contributed by atoms with Crippen LogP contribution in [-0.2, 0) is 11.3 Å². The van der Waals surface area contributed by atoms with Crippen molar-refractivity contribution in [1.29, 1.82) is 0 Å². The molecular formula is C20H26N4O2. The maximum Gasteiger partial charge on any atom is 0.259 e. The van der Waals surface area contributed by atoms with Gasteiger partial charge in [-0.25, -0.2) is 4.99 Å². The van der Waals surface area contributed by atoms with Crippen molar-refractivity contribution in [3.8, 4) is 5.75 Å². The average Bonchev–Trinajstić information content (AvgIpc) is 2.61. The number of hydrogen-bond donors (Lipinski definition) is 2. The van der Waals surface area contributed by atoms with Crippen LogP contribution >= 0.6 is 0 Å². The fourth-order valence-electron chi connectivity index (χ4n) is 2.19. The van der Waals surface area contributed by atoms with Gasteiger partial charge in [0.25, 0.3) is 5.91 Å². The lowest BCUT2D eigenvalue weighted by molar-refractivity contribution is -0.130. The molecule has 0 saturated heterocycles. The van der Waals surface area contributed by atoms with Crippen molar-refractivity contribution in [2.75, 3.05) is 26.0 Å². The Morgan fingerprint density at radius 3 is 2.62 bits per heavy atom. The lowest BCUT2D eigenvalue weighted by Crippen LogP contribution is -2.27. The molecule has 0 aliphatic carbocycles. The third-order valence-corrected chi connectivity index (χ3v) is 3.97. The number of rotatable bonds is 6. The third-order valence-electron chi connectivity index (χ3n) is 3.97. The number of hydrogen-bond acceptors (Lipinski definition) is 3. The predicted octanol–water partition coefficient (Wildman–Crippen LogP) is 2.70. The first kappa shape index (κ1) is 19.3. The number of ether oxygens (including phenoxy) is 1. The van der Waals surface area contributed by atoms with Gasteiger partial charge in [-0.15, -0.1) is 0 Å². The SMILES string of the molecule is Cc1ccc(NC(N)=NCc2cccc(OCC(=O)N(C)C)c2)cc1C. The molecule has 2 rings (SSSR count). The van der Waals surface area contributed by atoms with Crippen LogP contribution in [0, 0.1) is 13.8 Å². The molecule has 0 unspecified atom stereocenters. The van der Waals surface area contributed by atoms with Gasteiger partial charge >= 0.3 is 0 Å². The Morgan fingerprint density at radius 1 is 1.15 bits per heavy atom. The van der Waals surface area contributed by atoms with E-state index >= 15 is 0 Å². The molecule has 0 spiro atoms. The van der Waals surface area contributed by atoms with Crippen LogP contribution in [0.15, 0.2) is 47.5 Å².